The van der Waals surface area contributed by atoms with Crippen LogP contribution in [0.5, 0.6) is 0 Å². The van der Waals surface area contributed by atoms with Gasteiger partial charge in [0.15, 0.2) is 0 Å². The molecule has 1 rings (SSSR count). The zero-order valence-corrected chi connectivity index (χ0v) is 11.2. The highest BCUT2D eigenvalue weighted by Gasteiger charge is 2.04. The molecule has 0 bridgehead atoms. The van der Waals surface area contributed by atoms with E-state index in [-0.39, 0.29) is 0 Å². The predicted molar refractivity (Wildman–Crippen MR) is 73.9 cm³/mol. The van der Waals surface area contributed by atoms with Crippen LogP contribution in [0.2, 0.25) is 0 Å². The highest BCUT2D eigenvalue weighted by molar-refractivity contribution is 5.76. The molecule has 98 valence electrons. The number of hydrogen-bond acceptors (Lipinski definition) is 2. The third kappa shape index (κ3) is 4.32. The van der Waals surface area contributed by atoms with Crippen LogP contribution in [0.15, 0.2) is 18.2 Å². The summed E-state index contributed by atoms with van der Waals surface area (Å²) in [6.45, 7) is 2.00. The fourth-order valence-corrected chi connectivity index (χ4v) is 1.98. The van der Waals surface area contributed by atoms with E-state index in [0.29, 0.717) is 6.42 Å². The molecule has 1 aromatic carbocycles. The van der Waals surface area contributed by atoms with Crippen molar-refractivity contribution in [1.82, 2.24) is 0 Å². The van der Waals surface area contributed by atoms with Crippen molar-refractivity contribution in [3.05, 3.63) is 29.3 Å². The minimum Gasteiger partial charge on any atom is -0.318 e. The number of carbonyl (C=O) groups is 2. The molecule has 0 fully saturated rings. The second-order valence-corrected chi connectivity index (χ2v) is 4.60. The van der Waals surface area contributed by atoms with Gasteiger partial charge < -0.3 is 9.69 Å². The average Bonchev–Trinajstić information content (AvgIpc) is 2.39. The largest absolute Gasteiger partial charge is 0.318 e. The lowest BCUT2D eigenvalue weighted by Crippen LogP contribution is -2.15. The molecule has 0 spiro atoms. The van der Waals surface area contributed by atoms with Crippen molar-refractivity contribution in [1.29, 1.82) is 0 Å². The summed E-state index contributed by atoms with van der Waals surface area (Å²) in [4.78, 5) is 22.6. The van der Waals surface area contributed by atoms with E-state index in [1.165, 1.54) is 5.56 Å². The zero-order valence-electron chi connectivity index (χ0n) is 11.2. The molecule has 0 N–H and O–H groups in total. The normalized spacial score (nSPS) is 10.1. The lowest BCUT2D eigenvalue weighted by molar-refractivity contribution is -0.108. The Labute approximate surface area is 109 Å². The summed E-state index contributed by atoms with van der Waals surface area (Å²) in [6.07, 6.45) is 6.59. The van der Waals surface area contributed by atoms with E-state index < -0.39 is 0 Å². The number of amides is 1. The molecule has 3 heteroatoms. The fourth-order valence-electron chi connectivity index (χ4n) is 1.98. The van der Waals surface area contributed by atoms with Gasteiger partial charge in [-0.1, -0.05) is 18.6 Å². The molecule has 3 nitrogen and oxygen atoms in total. The first-order valence-electron chi connectivity index (χ1n) is 6.40. The van der Waals surface area contributed by atoms with Gasteiger partial charge in [0.1, 0.15) is 6.29 Å². The molecule has 1 amide bonds. The number of aryl methyl sites for hydroxylation is 2. The molecule has 0 radical (unpaired) electrons. The molecular weight excluding hydrogens is 226 g/mol. The summed E-state index contributed by atoms with van der Waals surface area (Å²) in [5.41, 5.74) is 3.32. The minimum atomic E-state index is 0.660. The number of aldehydes is 1. The smallest absolute Gasteiger partial charge is 0.213 e. The Morgan fingerprint density at radius 1 is 1.17 bits per heavy atom. The van der Waals surface area contributed by atoms with Gasteiger partial charge in [0, 0.05) is 19.2 Å². The molecule has 0 aliphatic heterocycles. The van der Waals surface area contributed by atoms with E-state index in [0.717, 1.165) is 49.6 Å². The lowest BCUT2D eigenvalue weighted by Gasteiger charge is -2.15. The number of unbranched alkanes of at least 4 members (excludes halogenated alkanes) is 3. The van der Waals surface area contributed by atoms with E-state index in [4.69, 9.17) is 0 Å². The molecule has 0 saturated heterocycles. The number of nitrogens with zero attached hydrogens (tertiary/aromatic N) is 1. The monoisotopic (exact) mass is 247 g/mol. The van der Waals surface area contributed by atoms with Crippen LogP contribution in [0.1, 0.15) is 36.8 Å². The van der Waals surface area contributed by atoms with Crippen molar-refractivity contribution in [2.75, 3.05) is 11.9 Å². The molecule has 0 aliphatic carbocycles. The van der Waals surface area contributed by atoms with Crippen LogP contribution in [-0.4, -0.2) is 19.7 Å². The standard InChI is InChI=1S/C15H21NO2/c1-13-8-9-14(7-5-3-4-6-10-17)11-15(13)16(2)12-18/h8-12H,3-7H2,1-2H3. The van der Waals surface area contributed by atoms with Gasteiger partial charge in [-0.25, -0.2) is 0 Å². The molecular formula is C15H21NO2. The Hall–Kier alpha value is -1.64. The maximum atomic E-state index is 10.8. The van der Waals surface area contributed by atoms with Crippen LogP contribution in [0.3, 0.4) is 0 Å². The first-order valence-corrected chi connectivity index (χ1v) is 6.40. The van der Waals surface area contributed by atoms with Crippen LogP contribution < -0.4 is 4.90 Å². The lowest BCUT2D eigenvalue weighted by atomic mass is 10.0. The summed E-state index contributed by atoms with van der Waals surface area (Å²) >= 11 is 0. The first kappa shape index (κ1) is 14.4. The minimum absolute atomic E-state index is 0.660. The second kappa shape index (κ2) is 7.64. The fraction of sp³-hybridized carbons (Fsp3) is 0.467. The van der Waals surface area contributed by atoms with Gasteiger partial charge in [-0.2, -0.15) is 0 Å². The van der Waals surface area contributed by atoms with Gasteiger partial charge >= 0.3 is 0 Å². The van der Waals surface area contributed by atoms with Gasteiger partial charge in [-0.15, -0.1) is 0 Å². The van der Waals surface area contributed by atoms with E-state index >= 15 is 0 Å². The molecule has 0 heterocycles. The maximum absolute atomic E-state index is 10.8. The Morgan fingerprint density at radius 2 is 1.94 bits per heavy atom. The first-order chi connectivity index (χ1) is 8.69. The Bertz CT molecular complexity index is 401. The number of hydrogen-bond donors (Lipinski definition) is 0. The number of anilines is 1. The molecule has 0 aliphatic rings. The third-order valence-electron chi connectivity index (χ3n) is 3.10. The van der Waals surface area contributed by atoms with Crippen molar-refractivity contribution < 1.29 is 9.59 Å². The van der Waals surface area contributed by atoms with Gasteiger partial charge in [-0.05, 0) is 43.4 Å². The Balaban J connectivity index is 2.56. The summed E-state index contributed by atoms with van der Waals surface area (Å²) in [5, 5.41) is 0. The molecule has 0 unspecified atom stereocenters. The van der Waals surface area contributed by atoms with Crippen molar-refractivity contribution >= 4 is 18.4 Å². The van der Waals surface area contributed by atoms with Crippen molar-refractivity contribution in [3.8, 4) is 0 Å². The van der Waals surface area contributed by atoms with Gasteiger partial charge in [0.2, 0.25) is 6.41 Å². The van der Waals surface area contributed by atoms with Crippen molar-refractivity contribution in [3.63, 3.8) is 0 Å². The van der Waals surface area contributed by atoms with Crippen LogP contribution in [-0.2, 0) is 16.0 Å². The van der Waals surface area contributed by atoms with E-state index in [1.807, 2.05) is 6.92 Å². The molecule has 0 saturated carbocycles. The van der Waals surface area contributed by atoms with Crippen LogP contribution in [0.4, 0.5) is 5.69 Å². The third-order valence-corrected chi connectivity index (χ3v) is 3.10. The molecule has 18 heavy (non-hydrogen) atoms. The zero-order chi connectivity index (χ0) is 13.4. The number of carbonyl (C=O) groups excluding carboxylic acids is 2. The molecule has 0 atom stereocenters. The van der Waals surface area contributed by atoms with Crippen molar-refractivity contribution in [2.24, 2.45) is 0 Å². The summed E-state index contributed by atoms with van der Waals surface area (Å²) < 4.78 is 0. The highest BCUT2D eigenvalue weighted by atomic mass is 16.1. The van der Waals surface area contributed by atoms with Crippen LogP contribution in [0.25, 0.3) is 0 Å². The molecule has 1 aromatic rings. The van der Waals surface area contributed by atoms with Crippen LogP contribution >= 0.6 is 0 Å². The predicted octanol–water partition coefficient (Wildman–Crippen LogP) is 2.89. The van der Waals surface area contributed by atoms with Gasteiger partial charge in [-0.3, -0.25) is 4.79 Å². The summed E-state index contributed by atoms with van der Waals surface area (Å²) in [6, 6.07) is 6.23. The van der Waals surface area contributed by atoms with E-state index in [2.05, 4.69) is 18.2 Å². The van der Waals surface area contributed by atoms with Gasteiger partial charge in [0.25, 0.3) is 0 Å². The number of rotatable bonds is 8. The second-order valence-electron chi connectivity index (χ2n) is 4.60. The topological polar surface area (TPSA) is 37.4 Å². The Morgan fingerprint density at radius 3 is 2.61 bits per heavy atom. The Kier molecular flexibility index (Phi) is 6.12. The van der Waals surface area contributed by atoms with E-state index in [1.54, 1.807) is 11.9 Å². The summed E-state index contributed by atoms with van der Waals surface area (Å²) in [5.74, 6) is 0. The van der Waals surface area contributed by atoms with E-state index in [9.17, 15) is 9.59 Å². The average molecular weight is 247 g/mol. The molecule has 0 aromatic heterocycles. The highest BCUT2D eigenvalue weighted by Crippen LogP contribution is 2.21. The summed E-state index contributed by atoms with van der Waals surface area (Å²) in [7, 11) is 1.77. The van der Waals surface area contributed by atoms with Crippen molar-refractivity contribution in [2.45, 2.75) is 39.0 Å². The maximum Gasteiger partial charge on any atom is 0.213 e. The van der Waals surface area contributed by atoms with Gasteiger partial charge in [0.05, 0.1) is 0 Å². The van der Waals surface area contributed by atoms with Crippen LogP contribution in [0, 0.1) is 6.92 Å². The quantitative estimate of drug-likeness (QED) is 0.523. The SMILES string of the molecule is Cc1ccc(CCCCCC=O)cc1N(C)C=O. The number of benzene rings is 1.